The van der Waals surface area contributed by atoms with Crippen LogP contribution in [0.5, 0.6) is 11.5 Å². The number of nitrogens with zero attached hydrogens (tertiary/aromatic N) is 1. The monoisotopic (exact) mass is 272 g/mol. The molecule has 20 heavy (non-hydrogen) atoms. The third kappa shape index (κ3) is 2.66. The summed E-state index contributed by atoms with van der Waals surface area (Å²) in [7, 11) is 0. The Labute approximate surface area is 116 Å². The number of hydrogen-bond acceptors (Lipinski definition) is 4. The molecule has 0 heterocycles. The molecule has 2 aromatic carbocycles. The van der Waals surface area contributed by atoms with E-state index < -0.39 is 0 Å². The summed E-state index contributed by atoms with van der Waals surface area (Å²) in [6.07, 6.45) is 0. The lowest BCUT2D eigenvalue weighted by Crippen LogP contribution is -2.30. The van der Waals surface area contributed by atoms with Crippen molar-refractivity contribution in [3.8, 4) is 11.5 Å². The van der Waals surface area contributed by atoms with Crippen LogP contribution in [-0.4, -0.2) is 22.7 Å². The van der Waals surface area contributed by atoms with Crippen LogP contribution in [0.4, 0.5) is 11.4 Å². The van der Waals surface area contributed by atoms with E-state index in [2.05, 4.69) is 0 Å². The van der Waals surface area contributed by atoms with Gasteiger partial charge in [0.1, 0.15) is 11.5 Å². The molecule has 2 aromatic rings. The first-order valence-corrected chi connectivity index (χ1v) is 6.22. The maximum atomic E-state index is 12.5. The van der Waals surface area contributed by atoms with Crippen molar-refractivity contribution in [3.05, 3.63) is 48.0 Å². The molecule has 5 nitrogen and oxygen atoms in total. The molecule has 0 unspecified atom stereocenters. The van der Waals surface area contributed by atoms with Gasteiger partial charge in [0.05, 0.1) is 5.56 Å². The van der Waals surface area contributed by atoms with Gasteiger partial charge in [-0.05, 0) is 49.4 Å². The van der Waals surface area contributed by atoms with E-state index >= 15 is 0 Å². The number of phenolic OH excluding ortho intramolecular Hbond substituents is 2. The van der Waals surface area contributed by atoms with Crippen molar-refractivity contribution in [2.45, 2.75) is 6.92 Å². The van der Waals surface area contributed by atoms with Crippen molar-refractivity contribution < 1.29 is 15.0 Å². The Balaban J connectivity index is 2.38. The van der Waals surface area contributed by atoms with E-state index in [0.29, 0.717) is 17.9 Å². The summed E-state index contributed by atoms with van der Waals surface area (Å²) in [6.45, 7) is 2.26. The molecule has 0 saturated carbocycles. The number of carbonyl (C=O) groups excluding carboxylic acids is 1. The van der Waals surface area contributed by atoms with Gasteiger partial charge < -0.3 is 20.8 Å². The summed E-state index contributed by atoms with van der Waals surface area (Å²) < 4.78 is 0. The van der Waals surface area contributed by atoms with Crippen molar-refractivity contribution >= 4 is 17.3 Å². The fourth-order valence-electron chi connectivity index (χ4n) is 1.94. The van der Waals surface area contributed by atoms with Crippen molar-refractivity contribution in [2.24, 2.45) is 0 Å². The largest absolute Gasteiger partial charge is 0.508 e. The van der Waals surface area contributed by atoms with Crippen LogP contribution in [0.15, 0.2) is 42.5 Å². The first-order chi connectivity index (χ1) is 9.52. The van der Waals surface area contributed by atoms with E-state index in [4.69, 9.17) is 5.73 Å². The van der Waals surface area contributed by atoms with Crippen LogP contribution in [0.3, 0.4) is 0 Å². The minimum Gasteiger partial charge on any atom is -0.508 e. The van der Waals surface area contributed by atoms with E-state index in [-0.39, 0.29) is 23.0 Å². The lowest BCUT2D eigenvalue weighted by molar-refractivity contribution is 0.0985. The predicted octanol–water partition coefficient (Wildman–Crippen LogP) is 2.35. The second kappa shape index (κ2) is 5.52. The molecule has 104 valence electrons. The van der Waals surface area contributed by atoms with Gasteiger partial charge in [-0.1, -0.05) is 0 Å². The summed E-state index contributed by atoms with van der Waals surface area (Å²) in [5.41, 5.74) is 6.97. The highest BCUT2D eigenvalue weighted by molar-refractivity contribution is 6.08. The number of hydrogen-bond donors (Lipinski definition) is 3. The fraction of sp³-hybridized carbons (Fsp3) is 0.133. The Hall–Kier alpha value is -2.69. The Bertz CT molecular complexity index is 624. The number of carbonyl (C=O) groups is 1. The van der Waals surface area contributed by atoms with Gasteiger partial charge in [-0.25, -0.2) is 0 Å². The zero-order valence-corrected chi connectivity index (χ0v) is 11.1. The number of benzene rings is 2. The van der Waals surface area contributed by atoms with E-state index in [1.165, 1.54) is 23.1 Å². The Morgan fingerprint density at radius 1 is 1.15 bits per heavy atom. The van der Waals surface area contributed by atoms with Gasteiger partial charge in [0.25, 0.3) is 5.91 Å². The van der Waals surface area contributed by atoms with Gasteiger partial charge in [0.15, 0.2) is 0 Å². The van der Waals surface area contributed by atoms with Crippen LogP contribution >= 0.6 is 0 Å². The van der Waals surface area contributed by atoms with Crippen molar-refractivity contribution in [1.29, 1.82) is 0 Å². The number of nitrogens with two attached hydrogens (primary N) is 1. The quantitative estimate of drug-likeness (QED) is 0.591. The van der Waals surface area contributed by atoms with E-state index in [0.717, 1.165) is 0 Å². The third-order valence-electron chi connectivity index (χ3n) is 2.98. The number of amides is 1. The van der Waals surface area contributed by atoms with Crippen LogP contribution in [0.2, 0.25) is 0 Å². The lowest BCUT2D eigenvalue weighted by Gasteiger charge is -2.21. The van der Waals surface area contributed by atoms with Crippen LogP contribution in [0.25, 0.3) is 0 Å². The molecule has 0 aromatic heterocycles. The Kier molecular flexibility index (Phi) is 3.79. The number of aromatic hydroxyl groups is 2. The van der Waals surface area contributed by atoms with Crippen molar-refractivity contribution in [1.82, 2.24) is 0 Å². The first kappa shape index (κ1) is 13.7. The van der Waals surface area contributed by atoms with Gasteiger partial charge in [0.2, 0.25) is 0 Å². The maximum Gasteiger partial charge on any atom is 0.262 e. The number of rotatable bonds is 3. The average molecular weight is 272 g/mol. The minimum absolute atomic E-state index is 0.0590. The van der Waals surface area contributed by atoms with E-state index in [1.54, 1.807) is 24.3 Å². The van der Waals surface area contributed by atoms with Crippen LogP contribution in [-0.2, 0) is 0 Å². The second-order valence-electron chi connectivity index (χ2n) is 4.34. The Morgan fingerprint density at radius 2 is 1.80 bits per heavy atom. The van der Waals surface area contributed by atoms with E-state index in [1.807, 2.05) is 6.92 Å². The highest BCUT2D eigenvalue weighted by atomic mass is 16.3. The van der Waals surface area contributed by atoms with Crippen molar-refractivity contribution in [2.75, 3.05) is 17.2 Å². The molecule has 4 N–H and O–H groups in total. The van der Waals surface area contributed by atoms with Crippen LogP contribution in [0, 0.1) is 0 Å². The zero-order valence-electron chi connectivity index (χ0n) is 11.1. The smallest absolute Gasteiger partial charge is 0.262 e. The summed E-state index contributed by atoms with van der Waals surface area (Å²) in [6, 6.07) is 10.7. The van der Waals surface area contributed by atoms with E-state index in [9.17, 15) is 15.0 Å². The zero-order chi connectivity index (χ0) is 14.7. The predicted molar refractivity (Wildman–Crippen MR) is 78.0 cm³/mol. The fourth-order valence-corrected chi connectivity index (χ4v) is 1.94. The van der Waals surface area contributed by atoms with Crippen LogP contribution < -0.4 is 10.6 Å². The summed E-state index contributed by atoms with van der Waals surface area (Å²) in [5, 5.41) is 19.2. The highest BCUT2D eigenvalue weighted by Crippen LogP contribution is 2.26. The molecule has 0 radical (unpaired) electrons. The van der Waals surface area contributed by atoms with Gasteiger partial charge >= 0.3 is 0 Å². The molecule has 0 saturated heterocycles. The summed E-state index contributed by atoms with van der Waals surface area (Å²) in [4.78, 5) is 14.0. The standard InChI is InChI=1S/C15H16N2O3/c1-2-17(11-5-3-10(16)4-6-11)15(20)13-9-12(18)7-8-14(13)19/h3-9,18-19H,2,16H2,1H3. The molecule has 0 aliphatic carbocycles. The van der Waals surface area contributed by atoms with Gasteiger partial charge in [0, 0.05) is 17.9 Å². The molecule has 0 bridgehead atoms. The normalized spacial score (nSPS) is 10.2. The lowest BCUT2D eigenvalue weighted by atomic mass is 10.1. The molecule has 0 atom stereocenters. The SMILES string of the molecule is CCN(C(=O)c1cc(O)ccc1O)c1ccc(N)cc1. The number of phenols is 2. The molecule has 0 aliphatic heterocycles. The van der Waals surface area contributed by atoms with Crippen LogP contribution in [0.1, 0.15) is 17.3 Å². The molecule has 0 fully saturated rings. The topological polar surface area (TPSA) is 86.8 Å². The number of nitrogen functional groups attached to an aromatic ring is 1. The second-order valence-corrected chi connectivity index (χ2v) is 4.34. The molecule has 5 heteroatoms. The summed E-state index contributed by atoms with van der Waals surface area (Å²) in [5.74, 6) is -0.619. The van der Waals surface area contributed by atoms with Gasteiger partial charge in [-0.3, -0.25) is 4.79 Å². The first-order valence-electron chi connectivity index (χ1n) is 6.22. The average Bonchev–Trinajstić information content (AvgIpc) is 2.44. The molecule has 2 rings (SSSR count). The molecular formula is C15H16N2O3. The third-order valence-corrected chi connectivity index (χ3v) is 2.98. The molecular weight excluding hydrogens is 256 g/mol. The summed E-state index contributed by atoms with van der Waals surface area (Å²) >= 11 is 0. The Morgan fingerprint density at radius 3 is 2.40 bits per heavy atom. The maximum absolute atomic E-state index is 12.5. The molecule has 1 amide bonds. The highest BCUT2D eigenvalue weighted by Gasteiger charge is 2.19. The van der Waals surface area contributed by atoms with Gasteiger partial charge in [-0.15, -0.1) is 0 Å². The van der Waals surface area contributed by atoms with Gasteiger partial charge in [-0.2, -0.15) is 0 Å². The molecule has 0 spiro atoms. The number of anilines is 2. The minimum atomic E-state index is -0.384. The molecule has 0 aliphatic rings. The van der Waals surface area contributed by atoms with Crippen molar-refractivity contribution in [3.63, 3.8) is 0 Å².